The predicted molar refractivity (Wildman–Crippen MR) is 163 cm³/mol. The van der Waals surface area contributed by atoms with Crippen molar-refractivity contribution in [3.63, 3.8) is 0 Å². The molecule has 0 atom stereocenters. The Morgan fingerprint density at radius 1 is 1.07 bits per heavy atom. The zero-order valence-electron chi connectivity index (χ0n) is 24.9. The monoisotopic (exact) mass is 628 g/mol. The third-order valence-electron chi connectivity index (χ3n) is 7.20. The Balaban J connectivity index is 1.66. The number of piperidine rings is 1. The quantitative estimate of drug-likeness (QED) is 0.221. The highest BCUT2D eigenvalue weighted by Crippen LogP contribution is 2.39. The lowest BCUT2D eigenvalue weighted by Gasteiger charge is -2.25. The van der Waals surface area contributed by atoms with Crippen molar-refractivity contribution in [2.75, 3.05) is 36.6 Å². The summed E-state index contributed by atoms with van der Waals surface area (Å²) < 4.78 is 79.9. The fourth-order valence-electron chi connectivity index (χ4n) is 5.19. The van der Waals surface area contributed by atoms with E-state index in [4.69, 9.17) is 9.84 Å². The topological polar surface area (TPSA) is 101 Å². The van der Waals surface area contributed by atoms with E-state index in [1.54, 1.807) is 12.3 Å². The maximum absolute atomic E-state index is 16.6. The van der Waals surface area contributed by atoms with Crippen molar-refractivity contribution >= 4 is 21.5 Å². The molecule has 0 saturated carbocycles. The number of pyridine rings is 1. The third-order valence-corrected chi connectivity index (χ3v) is 8.95. The highest BCUT2D eigenvalue weighted by molar-refractivity contribution is 7.92. The lowest BCUT2D eigenvalue weighted by Crippen LogP contribution is -2.34. The van der Waals surface area contributed by atoms with Gasteiger partial charge < -0.3 is 15.4 Å². The average Bonchev–Trinajstić information content (AvgIpc) is 3.42. The van der Waals surface area contributed by atoms with Gasteiger partial charge in [0.15, 0.2) is 5.82 Å². The molecule has 5 rings (SSSR count). The van der Waals surface area contributed by atoms with Crippen molar-refractivity contribution in [1.82, 2.24) is 20.1 Å². The second kappa shape index (κ2) is 12.6. The van der Waals surface area contributed by atoms with Crippen LogP contribution in [-0.2, 0) is 14.8 Å². The molecule has 9 nitrogen and oxygen atoms in total. The molecular weight excluding hydrogens is 593 g/mol. The molecular formula is C31H35F3N6O3S. The molecule has 0 spiro atoms. The molecule has 13 heteroatoms. The molecule has 0 bridgehead atoms. The number of hydrogen-bond donors (Lipinski definition) is 2. The van der Waals surface area contributed by atoms with Gasteiger partial charge in [-0.2, -0.15) is 5.10 Å². The molecule has 1 saturated heterocycles. The van der Waals surface area contributed by atoms with Crippen LogP contribution in [0.2, 0.25) is 0 Å². The van der Waals surface area contributed by atoms with Crippen molar-refractivity contribution in [2.45, 2.75) is 50.1 Å². The Kier molecular flexibility index (Phi) is 9.00. The maximum Gasteiger partial charge on any atom is 0.269 e. The molecule has 2 aromatic carbocycles. The van der Waals surface area contributed by atoms with Crippen LogP contribution in [0.5, 0.6) is 0 Å². The van der Waals surface area contributed by atoms with Crippen LogP contribution in [0.1, 0.15) is 39.7 Å². The number of halogens is 3. The molecule has 0 amide bonds. The van der Waals surface area contributed by atoms with Crippen molar-refractivity contribution in [1.29, 1.82) is 0 Å². The van der Waals surface area contributed by atoms with Crippen molar-refractivity contribution < 1.29 is 26.3 Å². The summed E-state index contributed by atoms with van der Waals surface area (Å²) in [5, 5.41) is 11.5. The Hall–Kier alpha value is -3.94. The van der Waals surface area contributed by atoms with Gasteiger partial charge in [0.05, 0.1) is 11.7 Å². The van der Waals surface area contributed by atoms with Gasteiger partial charge in [0.1, 0.15) is 34.8 Å². The minimum absolute atomic E-state index is 0.0309. The number of nitrogens with zero attached hydrogens (tertiary/aromatic N) is 4. The van der Waals surface area contributed by atoms with Gasteiger partial charge in [0.25, 0.3) is 10.0 Å². The lowest BCUT2D eigenvalue weighted by molar-refractivity contribution is 0.209. The van der Waals surface area contributed by atoms with Gasteiger partial charge in [0, 0.05) is 36.2 Å². The van der Waals surface area contributed by atoms with E-state index < -0.39 is 44.8 Å². The number of sulfonamides is 1. The summed E-state index contributed by atoms with van der Waals surface area (Å²) >= 11 is 0. The number of hydrogen-bond acceptors (Lipinski definition) is 7. The first-order valence-electron chi connectivity index (χ1n) is 14.2. The number of aromatic nitrogens is 3. The molecule has 1 aliphatic heterocycles. The van der Waals surface area contributed by atoms with E-state index in [0.717, 1.165) is 37.6 Å². The normalized spacial score (nSPS) is 14.5. The first kappa shape index (κ1) is 31.5. The molecule has 3 heterocycles. The summed E-state index contributed by atoms with van der Waals surface area (Å²) in [6.07, 6.45) is 5.19. The van der Waals surface area contributed by atoms with Crippen LogP contribution >= 0.6 is 0 Å². The molecule has 4 aromatic rings. The van der Waals surface area contributed by atoms with E-state index in [-0.39, 0.29) is 17.1 Å². The lowest BCUT2D eigenvalue weighted by atomic mass is 10.0. The van der Waals surface area contributed by atoms with Gasteiger partial charge in [-0.25, -0.2) is 30.9 Å². The van der Waals surface area contributed by atoms with E-state index in [0.29, 0.717) is 33.5 Å². The zero-order valence-corrected chi connectivity index (χ0v) is 25.8. The number of nitrogens with one attached hydrogen (secondary N) is 2. The number of benzene rings is 2. The molecule has 1 aliphatic rings. The Bertz CT molecular complexity index is 1750. The predicted octanol–water partition coefficient (Wildman–Crippen LogP) is 5.96. The summed E-state index contributed by atoms with van der Waals surface area (Å²) in [4.78, 5) is 3.49. The molecule has 1 fully saturated rings. The van der Waals surface area contributed by atoms with Crippen LogP contribution in [0.15, 0.2) is 65.8 Å². The fraction of sp³-hybridized carbons (Fsp3) is 0.355. The van der Waals surface area contributed by atoms with E-state index in [1.165, 1.54) is 25.3 Å². The summed E-state index contributed by atoms with van der Waals surface area (Å²) in [5.41, 5.74) is 1.02. The number of methoxy groups -OCH3 is 1. The first-order chi connectivity index (χ1) is 20.9. The summed E-state index contributed by atoms with van der Waals surface area (Å²) in [5.74, 6) is -2.42. The van der Waals surface area contributed by atoms with Gasteiger partial charge in [-0.15, -0.1) is 0 Å². The molecule has 2 N–H and O–H groups in total. The van der Waals surface area contributed by atoms with Crippen LogP contribution < -0.4 is 14.9 Å². The van der Waals surface area contributed by atoms with Gasteiger partial charge in [-0.05, 0) is 94.7 Å². The summed E-state index contributed by atoms with van der Waals surface area (Å²) in [6.45, 7) is 7.01. The van der Waals surface area contributed by atoms with Crippen LogP contribution in [-0.4, -0.2) is 55.7 Å². The summed E-state index contributed by atoms with van der Waals surface area (Å²) in [6, 6.07) is 10.0. The molecule has 2 aromatic heterocycles. The number of rotatable bonds is 9. The van der Waals surface area contributed by atoms with E-state index in [1.807, 2.05) is 37.7 Å². The summed E-state index contributed by atoms with van der Waals surface area (Å²) in [7, 11) is -3.56. The van der Waals surface area contributed by atoms with E-state index >= 15 is 4.39 Å². The number of anilines is 2. The molecule has 44 heavy (non-hydrogen) atoms. The standard InChI is InChI=1S/C31H35F3N6O3S/c1-31(2,3)37-28-16-20(10-15-36-28)24-18-39(22-11-13-35-14-12-22)38-30(24)23-6-5-7-26(29(23)34)40(19-43-4)44(41,42)27-17-21(32)8-9-25(27)33/h5-10,15-18,22,35H,11-14,19H2,1-4H3,(H,36,37). The minimum Gasteiger partial charge on any atom is -0.365 e. The molecule has 234 valence electrons. The van der Waals surface area contributed by atoms with Gasteiger partial charge >= 0.3 is 0 Å². The Morgan fingerprint density at radius 3 is 2.52 bits per heavy atom. The van der Waals surface area contributed by atoms with Gasteiger partial charge in [-0.3, -0.25) is 4.68 Å². The second-order valence-corrected chi connectivity index (χ2v) is 13.5. The first-order valence-corrected chi connectivity index (χ1v) is 15.6. The highest BCUT2D eigenvalue weighted by Gasteiger charge is 2.32. The Labute approximate surface area is 255 Å². The Morgan fingerprint density at radius 2 is 1.82 bits per heavy atom. The van der Waals surface area contributed by atoms with Gasteiger partial charge in [0.2, 0.25) is 0 Å². The van der Waals surface area contributed by atoms with Crippen LogP contribution in [0.4, 0.5) is 24.7 Å². The van der Waals surface area contributed by atoms with Crippen LogP contribution in [0, 0.1) is 17.5 Å². The zero-order chi connectivity index (χ0) is 31.6. The van der Waals surface area contributed by atoms with Crippen molar-refractivity contribution in [2.24, 2.45) is 0 Å². The smallest absolute Gasteiger partial charge is 0.269 e. The fourth-order valence-corrected chi connectivity index (χ4v) is 6.64. The van der Waals surface area contributed by atoms with Crippen LogP contribution in [0.25, 0.3) is 22.4 Å². The van der Waals surface area contributed by atoms with E-state index in [2.05, 4.69) is 15.6 Å². The largest absolute Gasteiger partial charge is 0.365 e. The van der Waals surface area contributed by atoms with E-state index in [9.17, 15) is 17.2 Å². The maximum atomic E-state index is 16.6. The minimum atomic E-state index is -4.78. The second-order valence-electron chi connectivity index (χ2n) is 11.6. The van der Waals surface area contributed by atoms with Crippen molar-refractivity contribution in [3.8, 4) is 22.4 Å². The number of ether oxygens (including phenoxy) is 1. The van der Waals surface area contributed by atoms with Crippen molar-refractivity contribution in [3.05, 3.63) is 78.4 Å². The van der Waals surface area contributed by atoms with Gasteiger partial charge in [-0.1, -0.05) is 6.07 Å². The van der Waals surface area contributed by atoms with Crippen LogP contribution in [0.3, 0.4) is 0 Å². The average molecular weight is 629 g/mol. The SMILES string of the molecule is COCN(c1cccc(-c2nn(C3CCNCC3)cc2-c2ccnc(NC(C)(C)C)c2)c1F)S(=O)(=O)c1cc(F)ccc1F. The highest BCUT2D eigenvalue weighted by atomic mass is 32.2. The molecule has 0 aliphatic carbocycles. The third kappa shape index (κ3) is 6.59. The molecule has 0 radical (unpaired) electrons. The molecule has 0 unspecified atom stereocenters.